The molecule has 28 heavy (non-hydrogen) atoms. The van der Waals surface area contributed by atoms with Gasteiger partial charge in [0.1, 0.15) is 5.41 Å². The first-order valence-corrected chi connectivity index (χ1v) is 11.0. The van der Waals surface area contributed by atoms with Crippen molar-refractivity contribution in [2.75, 3.05) is 6.26 Å². The summed E-state index contributed by atoms with van der Waals surface area (Å²) in [5, 5.41) is 10.9. The second-order valence-electron chi connectivity index (χ2n) is 7.20. The van der Waals surface area contributed by atoms with Gasteiger partial charge in [0, 0.05) is 21.7 Å². The Hall–Kier alpha value is -2.62. The Balaban J connectivity index is 1.96. The van der Waals surface area contributed by atoms with Crippen LogP contribution in [0.4, 0.5) is 0 Å². The molecular weight excluding hydrogens is 396 g/mol. The number of Topliss-reactive ketones (excluding diaryl/α,β-unsaturated/α-hetero) is 1. The number of halogens is 1. The van der Waals surface area contributed by atoms with Gasteiger partial charge < -0.3 is 0 Å². The summed E-state index contributed by atoms with van der Waals surface area (Å²) < 4.78 is 26.1. The predicted octanol–water partition coefficient (Wildman–Crippen LogP) is 3.98. The molecule has 0 fully saturated rings. The fourth-order valence-corrected chi connectivity index (χ4v) is 5.36. The first-order valence-electron chi connectivity index (χ1n) is 8.80. The van der Waals surface area contributed by atoms with Gasteiger partial charge in [-0.3, -0.25) is 4.79 Å². The molecule has 0 saturated heterocycles. The van der Waals surface area contributed by atoms with E-state index in [0.717, 1.165) is 11.8 Å². The third-order valence-electron chi connectivity index (χ3n) is 5.33. The number of hydrogen-bond donors (Lipinski definition) is 0. The molecule has 2 aromatic carbocycles. The number of carbonyl (C=O) groups excluding carboxylic acids is 1. The van der Waals surface area contributed by atoms with Gasteiger partial charge in [-0.15, -0.1) is 0 Å². The fourth-order valence-electron chi connectivity index (χ4n) is 4.09. The lowest BCUT2D eigenvalue weighted by atomic mass is 9.69. The lowest BCUT2D eigenvalue weighted by Crippen LogP contribution is -2.37. The number of benzene rings is 2. The summed E-state index contributed by atoms with van der Waals surface area (Å²) in [5.41, 5.74) is 0.813. The Morgan fingerprint density at radius 2 is 1.93 bits per heavy atom. The van der Waals surface area contributed by atoms with E-state index in [4.69, 9.17) is 11.6 Å². The molecule has 0 amide bonds. The summed E-state index contributed by atoms with van der Waals surface area (Å²) in [7, 11) is -3.63. The molecule has 0 radical (unpaired) electrons. The molecule has 5 nitrogen and oxygen atoms in total. The van der Waals surface area contributed by atoms with Crippen LogP contribution >= 0.6 is 11.6 Å². The van der Waals surface area contributed by atoms with Crippen molar-refractivity contribution in [2.24, 2.45) is 5.41 Å². The van der Waals surface area contributed by atoms with Crippen molar-refractivity contribution in [1.29, 1.82) is 5.26 Å². The lowest BCUT2D eigenvalue weighted by molar-refractivity contribution is 0.0835. The molecule has 1 aromatic heterocycles. The Morgan fingerprint density at radius 3 is 2.57 bits per heavy atom. The highest BCUT2D eigenvalue weighted by Crippen LogP contribution is 2.43. The summed E-state index contributed by atoms with van der Waals surface area (Å²) in [4.78, 5) is 13.6. The van der Waals surface area contributed by atoms with Crippen molar-refractivity contribution >= 4 is 38.3 Å². The minimum Gasteiger partial charge on any atom is -0.292 e. The Bertz CT molecular complexity index is 1260. The topological polar surface area (TPSA) is 79.9 Å². The number of ketones is 1. The van der Waals surface area contributed by atoms with Gasteiger partial charge >= 0.3 is 0 Å². The Morgan fingerprint density at radius 1 is 1.21 bits per heavy atom. The van der Waals surface area contributed by atoms with Gasteiger partial charge in [-0.25, -0.2) is 12.4 Å². The molecule has 0 unspecified atom stereocenters. The van der Waals surface area contributed by atoms with Crippen LogP contribution in [0.5, 0.6) is 0 Å². The average Bonchev–Trinajstić information content (AvgIpc) is 2.99. The summed E-state index contributed by atoms with van der Waals surface area (Å²) in [6.45, 7) is 0. The van der Waals surface area contributed by atoms with Gasteiger partial charge in [-0.1, -0.05) is 41.9 Å². The van der Waals surface area contributed by atoms with Crippen LogP contribution < -0.4 is 0 Å². The third kappa shape index (κ3) is 2.83. The first kappa shape index (κ1) is 18.7. The van der Waals surface area contributed by atoms with Crippen LogP contribution in [-0.2, 0) is 22.9 Å². The fraction of sp³-hybridized carbons (Fsp3) is 0.238. The third-order valence-corrected chi connectivity index (χ3v) is 6.64. The second kappa shape index (κ2) is 6.47. The number of hydrogen-bond acceptors (Lipinski definition) is 4. The standard InChI is InChI=1S/C21H17ClN2O3S/c1-28(26,27)24-17-8-7-15(22)11-16(17)19-18(24)9-10-21(13-23,20(19)25)12-14-5-3-2-4-6-14/h2-8,11H,9-10,12H2,1H3/t21-/m1/s1. The predicted molar refractivity (Wildman–Crippen MR) is 108 cm³/mol. The molecule has 0 bridgehead atoms. The lowest BCUT2D eigenvalue weighted by Gasteiger charge is -2.30. The van der Waals surface area contributed by atoms with E-state index in [0.29, 0.717) is 33.6 Å². The van der Waals surface area contributed by atoms with E-state index in [1.165, 1.54) is 3.97 Å². The van der Waals surface area contributed by atoms with Crippen LogP contribution in [0.15, 0.2) is 48.5 Å². The highest BCUT2D eigenvalue weighted by molar-refractivity contribution is 7.89. The zero-order valence-corrected chi connectivity index (χ0v) is 16.7. The maximum Gasteiger partial charge on any atom is 0.236 e. The quantitative estimate of drug-likeness (QED) is 0.651. The first-order chi connectivity index (χ1) is 13.3. The summed E-state index contributed by atoms with van der Waals surface area (Å²) in [6, 6.07) is 16.4. The van der Waals surface area contributed by atoms with Gasteiger partial charge in [-0.2, -0.15) is 5.26 Å². The summed E-state index contributed by atoms with van der Waals surface area (Å²) in [6.07, 6.45) is 1.99. The van der Waals surface area contributed by atoms with Crippen LogP contribution in [0.3, 0.4) is 0 Å². The molecule has 7 heteroatoms. The van der Waals surface area contributed by atoms with E-state index >= 15 is 0 Å². The minimum absolute atomic E-state index is 0.268. The maximum atomic E-state index is 13.6. The molecule has 142 valence electrons. The number of rotatable bonds is 3. The van der Waals surface area contributed by atoms with E-state index in [1.54, 1.807) is 18.2 Å². The van der Waals surface area contributed by atoms with Crippen molar-refractivity contribution in [3.05, 3.63) is 70.4 Å². The summed E-state index contributed by atoms with van der Waals surface area (Å²) >= 11 is 6.13. The smallest absolute Gasteiger partial charge is 0.236 e. The highest BCUT2D eigenvalue weighted by atomic mass is 35.5. The largest absolute Gasteiger partial charge is 0.292 e. The van der Waals surface area contributed by atoms with Gasteiger partial charge in [0.2, 0.25) is 10.0 Å². The van der Waals surface area contributed by atoms with Crippen LogP contribution in [0, 0.1) is 16.7 Å². The minimum atomic E-state index is -3.63. The molecular formula is C21H17ClN2O3S. The van der Waals surface area contributed by atoms with Gasteiger partial charge in [0.25, 0.3) is 0 Å². The van der Waals surface area contributed by atoms with Crippen molar-refractivity contribution in [1.82, 2.24) is 3.97 Å². The maximum absolute atomic E-state index is 13.6. The molecule has 1 aliphatic rings. The van der Waals surface area contributed by atoms with Crippen molar-refractivity contribution in [3.8, 4) is 6.07 Å². The second-order valence-corrected chi connectivity index (χ2v) is 9.46. The molecule has 4 rings (SSSR count). The Kier molecular flexibility index (Phi) is 4.33. The van der Waals surface area contributed by atoms with Crippen LogP contribution in [0.25, 0.3) is 10.9 Å². The van der Waals surface area contributed by atoms with E-state index in [1.807, 2.05) is 30.3 Å². The molecule has 1 heterocycles. The number of nitrogens with zero attached hydrogens (tertiary/aromatic N) is 2. The van der Waals surface area contributed by atoms with Crippen LogP contribution in [0.1, 0.15) is 28.0 Å². The Labute approximate surface area is 168 Å². The normalized spacial score (nSPS) is 19.4. The van der Waals surface area contributed by atoms with Crippen molar-refractivity contribution < 1.29 is 13.2 Å². The number of aromatic nitrogens is 1. The van der Waals surface area contributed by atoms with Crippen molar-refractivity contribution in [3.63, 3.8) is 0 Å². The van der Waals surface area contributed by atoms with E-state index in [2.05, 4.69) is 6.07 Å². The van der Waals surface area contributed by atoms with Gasteiger partial charge in [0.05, 0.1) is 17.8 Å². The number of fused-ring (bicyclic) bond motifs is 3. The van der Waals surface area contributed by atoms with E-state index in [-0.39, 0.29) is 18.6 Å². The zero-order chi connectivity index (χ0) is 20.1. The van der Waals surface area contributed by atoms with Crippen molar-refractivity contribution in [2.45, 2.75) is 19.3 Å². The van der Waals surface area contributed by atoms with Gasteiger partial charge in [0.15, 0.2) is 5.78 Å². The monoisotopic (exact) mass is 412 g/mol. The molecule has 1 atom stereocenters. The summed E-state index contributed by atoms with van der Waals surface area (Å²) in [5.74, 6) is -0.338. The molecule has 0 aliphatic heterocycles. The zero-order valence-electron chi connectivity index (χ0n) is 15.1. The number of nitriles is 1. The molecule has 0 saturated carbocycles. The SMILES string of the molecule is CS(=O)(=O)n1c2c(c3cc(Cl)ccc31)C(=O)[C@@](C#N)(Cc1ccccc1)CC2. The van der Waals surface area contributed by atoms with Crippen LogP contribution in [-0.4, -0.2) is 24.4 Å². The molecule has 3 aromatic rings. The highest BCUT2D eigenvalue weighted by Gasteiger charge is 2.46. The van der Waals surface area contributed by atoms with Gasteiger partial charge in [-0.05, 0) is 43.0 Å². The molecule has 1 aliphatic carbocycles. The van der Waals surface area contributed by atoms with E-state index < -0.39 is 15.4 Å². The molecule has 0 N–H and O–H groups in total. The molecule has 0 spiro atoms. The van der Waals surface area contributed by atoms with E-state index in [9.17, 15) is 18.5 Å². The average molecular weight is 413 g/mol. The van der Waals surface area contributed by atoms with Crippen LogP contribution in [0.2, 0.25) is 5.02 Å². The number of carbonyl (C=O) groups is 1.